The van der Waals surface area contributed by atoms with E-state index in [1.807, 2.05) is 38.1 Å². The molecule has 6 heteroatoms. The molecule has 0 saturated heterocycles. The van der Waals surface area contributed by atoms with Gasteiger partial charge in [-0.05, 0) is 50.2 Å². The van der Waals surface area contributed by atoms with Crippen molar-refractivity contribution in [3.63, 3.8) is 0 Å². The fourth-order valence-corrected chi connectivity index (χ4v) is 2.01. The Morgan fingerprint density at radius 2 is 1.92 bits per heavy atom. The van der Waals surface area contributed by atoms with Gasteiger partial charge in [0.1, 0.15) is 11.6 Å². The summed E-state index contributed by atoms with van der Waals surface area (Å²) in [6.07, 6.45) is 1.66. The first kappa shape index (κ1) is 17.7. The summed E-state index contributed by atoms with van der Waals surface area (Å²) in [5, 5.41) is 5.94. The molecule has 24 heavy (non-hydrogen) atoms. The predicted molar refractivity (Wildman–Crippen MR) is 94.8 cm³/mol. The number of pyridine rings is 1. The van der Waals surface area contributed by atoms with Gasteiger partial charge in [0.15, 0.2) is 0 Å². The second-order valence-corrected chi connectivity index (χ2v) is 5.50. The molecule has 0 saturated carbocycles. The van der Waals surface area contributed by atoms with E-state index in [1.165, 1.54) is 0 Å². The van der Waals surface area contributed by atoms with E-state index in [4.69, 9.17) is 9.47 Å². The molecule has 1 aromatic heterocycles. The lowest BCUT2D eigenvalue weighted by Crippen LogP contribution is -2.13. The molecule has 1 aromatic carbocycles. The summed E-state index contributed by atoms with van der Waals surface area (Å²) >= 11 is 0. The highest BCUT2D eigenvalue weighted by Crippen LogP contribution is 2.17. The molecular formula is C18H23N3O3. The van der Waals surface area contributed by atoms with Crippen LogP contribution < -0.4 is 15.4 Å². The first-order chi connectivity index (χ1) is 11.6. The van der Waals surface area contributed by atoms with Crippen LogP contribution >= 0.6 is 0 Å². The number of aromatic nitrogens is 1. The molecule has 0 spiro atoms. The Morgan fingerprint density at radius 1 is 1.17 bits per heavy atom. The van der Waals surface area contributed by atoms with Crippen LogP contribution in [0.2, 0.25) is 0 Å². The fourth-order valence-electron chi connectivity index (χ4n) is 2.01. The maximum atomic E-state index is 12.2. The van der Waals surface area contributed by atoms with Crippen molar-refractivity contribution in [2.45, 2.75) is 20.0 Å². The van der Waals surface area contributed by atoms with Gasteiger partial charge in [-0.1, -0.05) is 0 Å². The summed E-state index contributed by atoms with van der Waals surface area (Å²) in [6.45, 7) is 5.20. The summed E-state index contributed by atoms with van der Waals surface area (Å²) in [5.74, 6) is 1.28. The normalized spacial score (nSPS) is 10.5. The standard InChI is InChI=1S/C18H23N3O3/c1-13(2)24-16-7-5-15(6-8-16)21-18(22)14-4-9-17(20-12-14)19-10-11-23-3/h4-9,12-13H,10-11H2,1-3H3,(H,19,20)(H,21,22). The summed E-state index contributed by atoms with van der Waals surface area (Å²) in [6, 6.07) is 10.8. The first-order valence-corrected chi connectivity index (χ1v) is 7.85. The van der Waals surface area contributed by atoms with Crippen molar-refractivity contribution in [2.75, 3.05) is 30.9 Å². The molecule has 1 amide bonds. The van der Waals surface area contributed by atoms with Crippen LogP contribution in [0.5, 0.6) is 5.75 Å². The molecule has 128 valence electrons. The molecule has 0 radical (unpaired) electrons. The van der Waals surface area contributed by atoms with Gasteiger partial charge in [0.2, 0.25) is 0 Å². The molecule has 0 unspecified atom stereocenters. The fraction of sp³-hybridized carbons (Fsp3) is 0.333. The van der Waals surface area contributed by atoms with Crippen LogP contribution in [0.15, 0.2) is 42.6 Å². The molecule has 2 rings (SSSR count). The maximum Gasteiger partial charge on any atom is 0.257 e. The van der Waals surface area contributed by atoms with E-state index in [1.54, 1.807) is 25.4 Å². The number of carbonyl (C=O) groups is 1. The van der Waals surface area contributed by atoms with Crippen LogP contribution in [0.4, 0.5) is 11.5 Å². The van der Waals surface area contributed by atoms with Gasteiger partial charge >= 0.3 is 0 Å². The number of anilines is 2. The van der Waals surface area contributed by atoms with Crippen LogP contribution in [0.3, 0.4) is 0 Å². The number of hydrogen-bond acceptors (Lipinski definition) is 5. The molecule has 0 aliphatic rings. The molecule has 0 aliphatic carbocycles. The Morgan fingerprint density at radius 3 is 2.50 bits per heavy atom. The van der Waals surface area contributed by atoms with Crippen LogP contribution in [0, 0.1) is 0 Å². The predicted octanol–water partition coefficient (Wildman–Crippen LogP) is 3.18. The Bertz CT molecular complexity index is 640. The molecule has 1 heterocycles. The first-order valence-electron chi connectivity index (χ1n) is 7.85. The van der Waals surface area contributed by atoms with E-state index in [9.17, 15) is 4.79 Å². The Kier molecular flexibility index (Phi) is 6.57. The van der Waals surface area contributed by atoms with Gasteiger partial charge in [-0.15, -0.1) is 0 Å². The highest BCUT2D eigenvalue weighted by Gasteiger charge is 2.07. The largest absolute Gasteiger partial charge is 0.491 e. The SMILES string of the molecule is COCCNc1ccc(C(=O)Nc2ccc(OC(C)C)cc2)cn1. The third kappa shape index (κ3) is 5.55. The Balaban J connectivity index is 1.91. The second kappa shape index (κ2) is 8.88. The van der Waals surface area contributed by atoms with Gasteiger partial charge in [0.05, 0.1) is 18.3 Å². The zero-order valence-electron chi connectivity index (χ0n) is 14.2. The number of methoxy groups -OCH3 is 1. The molecule has 0 aliphatic heterocycles. The maximum absolute atomic E-state index is 12.2. The molecule has 0 atom stereocenters. The van der Waals surface area contributed by atoms with Crippen molar-refractivity contribution in [3.05, 3.63) is 48.2 Å². The summed E-state index contributed by atoms with van der Waals surface area (Å²) in [5.41, 5.74) is 1.20. The van der Waals surface area contributed by atoms with E-state index < -0.39 is 0 Å². The van der Waals surface area contributed by atoms with Gasteiger partial charge in [-0.3, -0.25) is 4.79 Å². The summed E-state index contributed by atoms with van der Waals surface area (Å²) in [4.78, 5) is 16.4. The van der Waals surface area contributed by atoms with E-state index in [0.717, 1.165) is 5.75 Å². The molecule has 0 bridgehead atoms. The molecular weight excluding hydrogens is 306 g/mol. The van der Waals surface area contributed by atoms with Crippen molar-refractivity contribution < 1.29 is 14.3 Å². The van der Waals surface area contributed by atoms with Crippen molar-refractivity contribution in [1.29, 1.82) is 0 Å². The monoisotopic (exact) mass is 329 g/mol. The lowest BCUT2D eigenvalue weighted by atomic mass is 10.2. The number of benzene rings is 1. The van der Waals surface area contributed by atoms with Gasteiger partial charge in [-0.2, -0.15) is 0 Å². The third-order valence-corrected chi connectivity index (χ3v) is 3.12. The number of nitrogens with zero attached hydrogens (tertiary/aromatic N) is 1. The highest BCUT2D eigenvalue weighted by molar-refractivity contribution is 6.04. The van der Waals surface area contributed by atoms with Crippen molar-refractivity contribution in [3.8, 4) is 5.75 Å². The molecule has 2 N–H and O–H groups in total. The van der Waals surface area contributed by atoms with Gasteiger partial charge in [-0.25, -0.2) is 4.98 Å². The van der Waals surface area contributed by atoms with Crippen LogP contribution in [0.1, 0.15) is 24.2 Å². The Hall–Kier alpha value is -2.60. The number of ether oxygens (including phenoxy) is 2. The lowest BCUT2D eigenvalue weighted by molar-refractivity contribution is 0.102. The minimum absolute atomic E-state index is 0.118. The average molecular weight is 329 g/mol. The zero-order valence-corrected chi connectivity index (χ0v) is 14.2. The molecule has 0 fully saturated rings. The molecule has 6 nitrogen and oxygen atoms in total. The van der Waals surface area contributed by atoms with Crippen LogP contribution in [-0.2, 0) is 4.74 Å². The minimum atomic E-state index is -0.205. The lowest BCUT2D eigenvalue weighted by Gasteiger charge is -2.11. The zero-order chi connectivity index (χ0) is 17.4. The van der Waals surface area contributed by atoms with E-state index >= 15 is 0 Å². The third-order valence-electron chi connectivity index (χ3n) is 3.12. The molecule has 2 aromatic rings. The minimum Gasteiger partial charge on any atom is -0.491 e. The van der Waals surface area contributed by atoms with Crippen LogP contribution in [-0.4, -0.2) is 37.3 Å². The van der Waals surface area contributed by atoms with Crippen LogP contribution in [0.25, 0.3) is 0 Å². The second-order valence-electron chi connectivity index (χ2n) is 5.50. The van der Waals surface area contributed by atoms with Crippen molar-refractivity contribution in [2.24, 2.45) is 0 Å². The number of amides is 1. The van der Waals surface area contributed by atoms with Gasteiger partial charge in [0, 0.05) is 25.5 Å². The average Bonchev–Trinajstić information content (AvgIpc) is 2.57. The van der Waals surface area contributed by atoms with E-state index in [2.05, 4.69) is 15.6 Å². The summed E-state index contributed by atoms with van der Waals surface area (Å²) < 4.78 is 10.5. The van der Waals surface area contributed by atoms with E-state index in [0.29, 0.717) is 30.2 Å². The Labute approximate surface area is 142 Å². The van der Waals surface area contributed by atoms with Gasteiger partial charge in [0.25, 0.3) is 5.91 Å². The number of rotatable bonds is 8. The highest BCUT2D eigenvalue weighted by atomic mass is 16.5. The number of hydrogen-bond donors (Lipinski definition) is 2. The topological polar surface area (TPSA) is 72.5 Å². The number of carbonyl (C=O) groups excluding carboxylic acids is 1. The van der Waals surface area contributed by atoms with Crippen molar-refractivity contribution in [1.82, 2.24) is 4.98 Å². The van der Waals surface area contributed by atoms with Crippen molar-refractivity contribution >= 4 is 17.4 Å². The van der Waals surface area contributed by atoms with E-state index in [-0.39, 0.29) is 12.0 Å². The summed E-state index contributed by atoms with van der Waals surface area (Å²) in [7, 11) is 1.64. The quantitative estimate of drug-likeness (QED) is 0.728. The number of nitrogens with one attached hydrogen (secondary N) is 2. The van der Waals surface area contributed by atoms with Gasteiger partial charge < -0.3 is 20.1 Å². The smallest absolute Gasteiger partial charge is 0.257 e.